The molecule has 0 spiro atoms. The van der Waals surface area contributed by atoms with Crippen LogP contribution < -0.4 is 10.2 Å². The summed E-state index contributed by atoms with van der Waals surface area (Å²) in [6, 6.07) is 8.88. The zero-order valence-corrected chi connectivity index (χ0v) is 13.4. The fourth-order valence-electron chi connectivity index (χ4n) is 3.68. The van der Waals surface area contributed by atoms with Gasteiger partial charge < -0.3 is 15.0 Å². The average Bonchev–Trinajstić information content (AvgIpc) is 2.98. The Morgan fingerprint density at radius 1 is 1.29 bits per heavy atom. The molecule has 0 amide bonds. The first kappa shape index (κ1) is 14.9. The minimum Gasteiger partial charge on any atom is -0.381 e. The molecule has 1 unspecified atom stereocenters. The van der Waals surface area contributed by atoms with E-state index in [0.29, 0.717) is 5.92 Å². The Hall–Kier alpha value is -1.06. The summed E-state index contributed by atoms with van der Waals surface area (Å²) < 4.78 is 5.58. The predicted molar refractivity (Wildman–Crippen MR) is 87.7 cm³/mol. The van der Waals surface area contributed by atoms with Crippen LogP contribution in [0.4, 0.5) is 5.69 Å². The van der Waals surface area contributed by atoms with Crippen LogP contribution >= 0.6 is 0 Å². The van der Waals surface area contributed by atoms with Crippen molar-refractivity contribution >= 4 is 5.69 Å². The molecule has 0 aliphatic carbocycles. The first-order valence-corrected chi connectivity index (χ1v) is 8.42. The number of nitrogens with zero attached hydrogens (tertiary/aromatic N) is 1. The first-order valence-electron chi connectivity index (χ1n) is 8.42. The van der Waals surface area contributed by atoms with E-state index in [2.05, 4.69) is 48.3 Å². The summed E-state index contributed by atoms with van der Waals surface area (Å²) in [7, 11) is 0. The standard InChI is InChI=1S/C18H28N2O/c1-3-18(4-2)14-20(12-15-9-10-21-13-15)17-8-6-5-7-16(17)11-19-18/h5-8,15,19H,3-4,9-14H2,1-2H3. The highest BCUT2D eigenvalue weighted by atomic mass is 16.5. The maximum atomic E-state index is 5.58. The fraction of sp³-hybridized carbons (Fsp3) is 0.667. The molecular formula is C18H28N2O. The molecule has 2 heterocycles. The van der Waals surface area contributed by atoms with Crippen LogP contribution in [0.2, 0.25) is 0 Å². The summed E-state index contributed by atoms with van der Waals surface area (Å²) >= 11 is 0. The van der Waals surface area contributed by atoms with Gasteiger partial charge >= 0.3 is 0 Å². The Morgan fingerprint density at radius 3 is 2.81 bits per heavy atom. The normalized spacial score (nSPS) is 24.7. The molecule has 3 rings (SSSR count). The molecule has 1 fully saturated rings. The molecule has 1 aromatic carbocycles. The third kappa shape index (κ3) is 3.09. The number of fused-ring (bicyclic) bond motifs is 1. The van der Waals surface area contributed by atoms with Gasteiger partial charge in [-0.15, -0.1) is 0 Å². The maximum Gasteiger partial charge on any atom is 0.0512 e. The topological polar surface area (TPSA) is 24.5 Å². The van der Waals surface area contributed by atoms with Gasteiger partial charge in [0.05, 0.1) is 6.61 Å². The van der Waals surface area contributed by atoms with Crippen LogP contribution in [-0.2, 0) is 11.3 Å². The highest BCUT2D eigenvalue weighted by molar-refractivity contribution is 5.55. The van der Waals surface area contributed by atoms with Gasteiger partial charge in [0.1, 0.15) is 0 Å². The number of hydrogen-bond acceptors (Lipinski definition) is 3. The van der Waals surface area contributed by atoms with E-state index in [9.17, 15) is 0 Å². The lowest BCUT2D eigenvalue weighted by Gasteiger charge is -2.37. The van der Waals surface area contributed by atoms with E-state index in [1.54, 1.807) is 0 Å². The van der Waals surface area contributed by atoms with Gasteiger partial charge in [0, 0.05) is 43.4 Å². The van der Waals surface area contributed by atoms with Gasteiger partial charge in [-0.25, -0.2) is 0 Å². The van der Waals surface area contributed by atoms with Crippen molar-refractivity contribution in [3.8, 4) is 0 Å². The molecule has 0 aromatic heterocycles. The highest BCUT2D eigenvalue weighted by Crippen LogP contribution is 2.31. The van der Waals surface area contributed by atoms with Crippen LogP contribution in [-0.4, -0.2) is 31.8 Å². The SMILES string of the molecule is CCC1(CC)CN(CC2CCOC2)c2ccccc2CN1. The van der Waals surface area contributed by atoms with Crippen molar-refractivity contribution in [2.24, 2.45) is 5.92 Å². The minimum atomic E-state index is 0.235. The molecule has 3 heteroatoms. The summed E-state index contributed by atoms with van der Waals surface area (Å²) in [5.41, 5.74) is 3.08. The Bertz CT molecular complexity index is 464. The number of para-hydroxylation sites is 1. The lowest BCUT2D eigenvalue weighted by molar-refractivity contribution is 0.186. The summed E-state index contributed by atoms with van der Waals surface area (Å²) in [4.78, 5) is 2.61. The van der Waals surface area contributed by atoms with E-state index in [-0.39, 0.29) is 5.54 Å². The Labute approximate surface area is 128 Å². The summed E-state index contributed by atoms with van der Waals surface area (Å²) in [6.45, 7) is 9.69. The van der Waals surface area contributed by atoms with Crippen LogP contribution in [0, 0.1) is 5.92 Å². The number of hydrogen-bond donors (Lipinski definition) is 1. The number of benzene rings is 1. The van der Waals surface area contributed by atoms with Crippen molar-refractivity contribution in [1.82, 2.24) is 5.32 Å². The van der Waals surface area contributed by atoms with Crippen molar-refractivity contribution in [1.29, 1.82) is 0 Å². The molecule has 3 nitrogen and oxygen atoms in total. The van der Waals surface area contributed by atoms with Crippen LogP contribution in [0.15, 0.2) is 24.3 Å². The van der Waals surface area contributed by atoms with E-state index < -0.39 is 0 Å². The van der Waals surface area contributed by atoms with Crippen LogP contribution in [0.1, 0.15) is 38.7 Å². The van der Waals surface area contributed by atoms with Crippen molar-refractivity contribution < 1.29 is 4.74 Å². The van der Waals surface area contributed by atoms with E-state index >= 15 is 0 Å². The lowest BCUT2D eigenvalue weighted by Crippen LogP contribution is -2.51. The zero-order valence-electron chi connectivity index (χ0n) is 13.4. The molecular weight excluding hydrogens is 260 g/mol. The van der Waals surface area contributed by atoms with Crippen LogP contribution in [0.5, 0.6) is 0 Å². The average molecular weight is 288 g/mol. The molecule has 1 N–H and O–H groups in total. The maximum absolute atomic E-state index is 5.58. The smallest absolute Gasteiger partial charge is 0.0512 e. The molecule has 1 saturated heterocycles. The number of anilines is 1. The van der Waals surface area contributed by atoms with Gasteiger partial charge in [0.2, 0.25) is 0 Å². The van der Waals surface area contributed by atoms with Crippen molar-refractivity contribution in [2.45, 2.75) is 45.2 Å². The van der Waals surface area contributed by atoms with Gasteiger partial charge in [-0.2, -0.15) is 0 Å². The molecule has 2 aliphatic heterocycles. The van der Waals surface area contributed by atoms with E-state index in [0.717, 1.165) is 32.8 Å². The van der Waals surface area contributed by atoms with Gasteiger partial charge in [-0.05, 0) is 30.9 Å². The van der Waals surface area contributed by atoms with Gasteiger partial charge in [-0.3, -0.25) is 0 Å². The van der Waals surface area contributed by atoms with E-state index in [1.807, 2.05) is 0 Å². The van der Waals surface area contributed by atoms with Crippen LogP contribution in [0.25, 0.3) is 0 Å². The lowest BCUT2D eigenvalue weighted by atomic mass is 9.92. The minimum absolute atomic E-state index is 0.235. The molecule has 1 aromatic rings. The van der Waals surface area contributed by atoms with Gasteiger partial charge in [-0.1, -0.05) is 32.0 Å². The molecule has 0 radical (unpaired) electrons. The summed E-state index contributed by atoms with van der Waals surface area (Å²) in [5.74, 6) is 0.683. The molecule has 1 atom stereocenters. The van der Waals surface area contributed by atoms with E-state index in [1.165, 1.54) is 30.5 Å². The van der Waals surface area contributed by atoms with Gasteiger partial charge in [0.15, 0.2) is 0 Å². The Morgan fingerprint density at radius 2 is 2.10 bits per heavy atom. The Balaban J connectivity index is 1.87. The third-order valence-corrected chi connectivity index (χ3v) is 5.34. The zero-order chi connectivity index (χ0) is 14.7. The molecule has 21 heavy (non-hydrogen) atoms. The second-order valence-corrected chi connectivity index (χ2v) is 6.58. The van der Waals surface area contributed by atoms with Crippen LogP contribution in [0.3, 0.4) is 0 Å². The van der Waals surface area contributed by atoms with Crippen molar-refractivity contribution in [2.75, 3.05) is 31.2 Å². The fourth-order valence-corrected chi connectivity index (χ4v) is 3.68. The second-order valence-electron chi connectivity index (χ2n) is 6.58. The first-order chi connectivity index (χ1) is 10.3. The molecule has 0 saturated carbocycles. The molecule has 116 valence electrons. The largest absolute Gasteiger partial charge is 0.381 e. The predicted octanol–water partition coefficient (Wildman–Crippen LogP) is 3.19. The Kier molecular flexibility index (Phi) is 4.51. The number of ether oxygens (including phenoxy) is 1. The summed E-state index contributed by atoms with van der Waals surface area (Å²) in [5, 5.41) is 3.83. The summed E-state index contributed by atoms with van der Waals surface area (Å²) in [6.07, 6.45) is 3.56. The van der Waals surface area contributed by atoms with Crippen molar-refractivity contribution in [3.05, 3.63) is 29.8 Å². The second kappa shape index (κ2) is 6.37. The molecule has 2 aliphatic rings. The van der Waals surface area contributed by atoms with E-state index in [4.69, 9.17) is 4.74 Å². The van der Waals surface area contributed by atoms with Gasteiger partial charge in [0.25, 0.3) is 0 Å². The number of rotatable bonds is 4. The molecule has 0 bridgehead atoms. The number of nitrogens with one attached hydrogen (secondary N) is 1. The third-order valence-electron chi connectivity index (χ3n) is 5.34. The monoisotopic (exact) mass is 288 g/mol. The van der Waals surface area contributed by atoms with Crippen molar-refractivity contribution in [3.63, 3.8) is 0 Å². The highest BCUT2D eigenvalue weighted by Gasteiger charge is 2.33. The quantitative estimate of drug-likeness (QED) is 0.921.